The number of rotatable bonds is 9. The van der Waals surface area contributed by atoms with Crippen molar-refractivity contribution in [2.24, 2.45) is 0 Å². The number of carbonyl (C=O) groups is 1. The van der Waals surface area contributed by atoms with Gasteiger partial charge in [-0.15, -0.1) is 0 Å². The molecule has 6 nitrogen and oxygen atoms in total. The summed E-state index contributed by atoms with van der Waals surface area (Å²) < 4.78 is 34.6. The van der Waals surface area contributed by atoms with E-state index >= 15 is 0 Å². The predicted molar refractivity (Wildman–Crippen MR) is 146 cm³/mol. The van der Waals surface area contributed by atoms with E-state index in [1.807, 2.05) is 68.4 Å². The monoisotopic (exact) mass is 514 g/mol. The molecule has 37 heavy (non-hydrogen) atoms. The fourth-order valence-corrected chi connectivity index (χ4v) is 5.62. The molecule has 0 aliphatic heterocycles. The van der Waals surface area contributed by atoms with Crippen molar-refractivity contribution in [2.75, 3.05) is 11.4 Å². The van der Waals surface area contributed by atoms with Crippen LogP contribution in [0.25, 0.3) is 0 Å². The molecule has 1 N–H and O–H groups in total. The lowest BCUT2D eigenvalue weighted by Crippen LogP contribution is -2.34. The van der Waals surface area contributed by atoms with E-state index in [-0.39, 0.29) is 29.0 Å². The molecule has 0 saturated heterocycles. The van der Waals surface area contributed by atoms with Gasteiger partial charge in [0.25, 0.3) is 15.9 Å². The average Bonchev–Trinajstić information content (AvgIpc) is 2.92. The van der Waals surface area contributed by atoms with Crippen LogP contribution in [0, 0.1) is 6.92 Å². The van der Waals surface area contributed by atoms with Crippen molar-refractivity contribution >= 4 is 21.6 Å². The van der Waals surface area contributed by atoms with Crippen LogP contribution in [0.15, 0.2) is 108 Å². The molecule has 0 radical (unpaired) electrons. The summed E-state index contributed by atoms with van der Waals surface area (Å²) in [5.41, 5.74) is 3.14. The Labute approximate surface area is 218 Å². The Balaban J connectivity index is 1.75. The van der Waals surface area contributed by atoms with Gasteiger partial charge in [0.05, 0.1) is 35.8 Å². The summed E-state index contributed by atoms with van der Waals surface area (Å²) in [5, 5.41) is 3.00. The van der Waals surface area contributed by atoms with Crippen molar-refractivity contribution in [2.45, 2.75) is 31.3 Å². The normalized spacial score (nSPS) is 12.0. The summed E-state index contributed by atoms with van der Waals surface area (Å²) in [5.74, 6) is 0.280. The molecule has 0 saturated carbocycles. The van der Waals surface area contributed by atoms with Crippen molar-refractivity contribution in [1.29, 1.82) is 0 Å². The highest BCUT2D eigenvalue weighted by Gasteiger charge is 2.29. The van der Waals surface area contributed by atoms with E-state index in [9.17, 15) is 13.2 Å². The smallest absolute Gasteiger partial charge is 0.264 e. The molecule has 4 aromatic rings. The molecule has 190 valence electrons. The van der Waals surface area contributed by atoms with Crippen LogP contribution in [0.2, 0.25) is 0 Å². The Morgan fingerprint density at radius 1 is 0.865 bits per heavy atom. The molecule has 1 atom stereocenters. The first-order valence-electron chi connectivity index (χ1n) is 12.0. The van der Waals surface area contributed by atoms with Crippen molar-refractivity contribution in [3.05, 3.63) is 125 Å². The van der Waals surface area contributed by atoms with Crippen LogP contribution in [-0.2, 0) is 16.6 Å². The third-order valence-corrected chi connectivity index (χ3v) is 7.92. The molecular formula is C30H30N2O4S. The number of para-hydroxylation sites is 2. The zero-order valence-corrected chi connectivity index (χ0v) is 21.9. The van der Waals surface area contributed by atoms with Crippen LogP contribution in [0.1, 0.15) is 40.0 Å². The number of methoxy groups -OCH3 is 1. The third kappa shape index (κ3) is 5.84. The van der Waals surface area contributed by atoms with Crippen molar-refractivity contribution in [1.82, 2.24) is 5.32 Å². The second-order valence-electron chi connectivity index (χ2n) is 8.76. The van der Waals surface area contributed by atoms with Crippen molar-refractivity contribution < 1.29 is 17.9 Å². The lowest BCUT2D eigenvalue weighted by molar-refractivity contribution is 0.0940. The molecule has 0 aliphatic carbocycles. The number of nitrogens with zero attached hydrogens (tertiary/aromatic N) is 1. The minimum atomic E-state index is -3.98. The number of anilines is 1. The van der Waals surface area contributed by atoms with E-state index in [4.69, 9.17) is 4.74 Å². The maximum absolute atomic E-state index is 13.9. The maximum atomic E-state index is 13.9. The Bertz CT molecular complexity index is 1470. The number of carbonyl (C=O) groups excluding carboxylic acids is 1. The lowest BCUT2D eigenvalue weighted by atomic mass is 10.1. The number of hydrogen-bond acceptors (Lipinski definition) is 4. The number of hydrogen-bond donors (Lipinski definition) is 1. The molecule has 1 unspecified atom stereocenters. The third-order valence-electron chi connectivity index (χ3n) is 6.15. The van der Waals surface area contributed by atoms with Gasteiger partial charge >= 0.3 is 0 Å². The Hall–Kier alpha value is -4.10. The SMILES string of the molecule is COc1ccccc1C(C)NC(=O)c1ccccc1N(Cc1ccccc1)S(=O)(=O)c1ccc(C)cc1. The van der Waals surface area contributed by atoms with Crippen LogP contribution in [0.3, 0.4) is 0 Å². The minimum Gasteiger partial charge on any atom is -0.496 e. The fraction of sp³-hybridized carbons (Fsp3) is 0.167. The molecule has 0 aliphatic rings. The average molecular weight is 515 g/mol. The highest BCUT2D eigenvalue weighted by Crippen LogP contribution is 2.31. The molecule has 0 bridgehead atoms. The van der Waals surface area contributed by atoms with Crippen LogP contribution in [-0.4, -0.2) is 21.4 Å². The first-order chi connectivity index (χ1) is 17.8. The van der Waals surface area contributed by atoms with E-state index in [1.165, 1.54) is 4.31 Å². The molecular weight excluding hydrogens is 484 g/mol. The lowest BCUT2D eigenvalue weighted by Gasteiger charge is -2.27. The molecule has 0 heterocycles. The summed E-state index contributed by atoms with van der Waals surface area (Å²) in [7, 11) is -2.40. The van der Waals surface area contributed by atoms with Gasteiger partial charge in [0.2, 0.25) is 0 Å². The van der Waals surface area contributed by atoms with Gasteiger partial charge in [-0.3, -0.25) is 9.10 Å². The summed E-state index contributed by atoms with van der Waals surface area (Å²) in [4.78, 5) is 13.7. The summed E-state index contributed by atoms with van der Waals surface area (Å²) in [6.45, 7) is 3.84. The van der Waals surface area contributed by atoms with Crippen LogP contribution in [0.4, 0.5) is 5.69 Å². The zero-order valence-electron chi connectivity index (χ0n) is 21.1. The first-order valence-corrected chi connectivity index (χ1v) is 13.4. The predicted octanol–water partition coefficient (Wildman–Crippen LogP) is 5.89. The number of amides is 1. The van der Waals surface area contributed by atoms with Gasteiger partial charge in [0.15, 0.2) is 0 Å². The summed E-state index contributed by atoms with van der Waals surface area (Å²) >= 11 is 0. The molecule has 0 spiro atoms. The second-order valence-corrected chi connectivity index (χ2v) is 10.6. The van der Waals surface area contributed by atoms with Crippen molar-refractivity contribution in [3.63, 3.8) is 0 Å². The standard InChI is InChI=1S/C30H30N2O4S/c1-22-17-19-25(20-18-22)37(34,35)32(21-24-11-5-4-6-12-24)28-15-9-7-14-27(28)30(33)31-23(2)26-13-8-10-16-29(26)36-3/h4-20,23H,21H2,1-3H3,(H,31,33). The Kier molecular flexibility index (Phi) is 7.94. The van der Waals surface area contributed by atoms with E-state index < -0.39 is 10.0 Å². The van der Waals surface area contributed by atoms with E-state index in [0.29, 0.717) is 11.4 Å². The van der Waals surface area contributed by atoms with Gasteiger partial charge in [-0.25, -0.2) is 8.42 Å². The topological polar surface area (TPSA) is 75.7 Å². The number of benzene rings is 4. The van der Waals surface area contributed by atoms with Gasteiger partial charge in [-0.05, 0) is 49.7 Å². The fourth-order valence-electron chi connectivity index (χ4n) is 4.15. The Morgan fingerprint density at radius 2 is 1.49 bits per heavy atom. The van der Waals surface area contributed by atoms with Gasteiger partial charge < -0.3 is 10.1 Å². The van der Waals surface area contributed by atoms with Gasteiger partial charge in [-0.1, -0.05) is 78.4 Å². The number of ether oxygens (including phenoxy) is 1. The Morgan fingerprint density at radius 3 is 2.19 bits per heavy atom. The van der Waals surface area contributed by atoms with Crippen LogP contribution >= 0.6 is 0 Å². The molecule has 4 rings (SSSR count). The molecule has 7 heteroatoms. The second kappa shape index (κ2) is 11.3. The number of sulfonamides is 1. The van der Waals surface area contributed by atoms with Crippen LogP contribution < -0.4 is 14.4 Å². The summed E-state index contributed by atoms with van der Waals surface area (Å²) in [6, 6.07) is 29.9. The van der Waals surface area contributed by atoms with Crippen LogP contribution in [0.5, 0.6) is 5.75 Å². The van der Waals surface area contributed by atoms with Gasteiger partial charge in [0.1, 0.15) is 5.75 Å². The highest BCUT2D eigenvalue weighted by atomic mass is 32.2. The number of aryl methyl sites for hydroxylation is 1. The quantitative estimate of drug-likeness (QED) is 0.302. The largest absolute Gasteiger partial charge is 0.496 e. The molecule has 0 fully saturated rings. The zero-order chi connectivity index (χ0) is 26.4. The minimum absolute atomic E-state index is 0.0728. The molecule has 0 aromatic heterocycles. The number of nitrogens with one attached hydrogen (secondary N) is 1. The van der Waals surface area contributed by atoms with E-state index in [0.717, 1.165) is 16.7 Å². The first kappa shape index (κ1) is 26.0. The van der Waals surface area contributed by atoms with E-state index in [1.54, 1.807) is 55.6 Å². The van der Waals surface area contributed by atoms with Gasteiger partial charge in [0, 0.05) is 5.56 Å². The van der Waals surface area contributed by atoms with Crippen molar-refractivity contribution in [3.8, 4) is 5.75 Å². The highest BCUT2D eigenvalue weighted by molar-refractivity contribution is 7.92. The molecule has 4 aromatic carbocycles. The molecule has 1 amide bonds. The van der Waals surface area contributed by atoms with E-state index in [2.05, 4.69) is 5.32 Å². The summed E-state index contributed by atoms with van der Waals surface area (Å²) in [6.07, 6.45) is 0. The van der Waals surface area contributed by atoms with Gasteiger partial charge in [-0.2, -0.15) is 0 Å². The maximum Gasteiger partial charge on any atom is 0.264 e.